The van der Waals surface area contributed by atoms with Crippen LogP contribution in [-0.4, -0.2) is 4.57 Å². The predicted octanol–water partition coefficient (Wildman–Crippen LogP) is 2.16. The van der Waals surface area contributed by atoms with E-state index in [2.05, 4.69) is 6.07 Å². The van der Waals surface area contributed by atoms with Gasteiger partial charge >= 0.3 is 0 Å². The molecule has 0 bridgehead atoms. The molecule has 0 amide bonds. The third-order valence-corrected chi connectivity index (χ3v) is 1.86. The van der Waals surface area contributed by atoms with Gasteiger partial charge in [-0.1, -0.05) is 0 Å². The maximum Gasteiger partial charge on any atom is 0.136 e. The van der Waals surface area contributed by atoms with Crippen molar-refractivity contribution >= 4 is 0 Å². The second kappa shape index (κ2) is 2.83. The Morgan fingerprint density at radius 1 is 1.46 bits per heavy atom. The number of aromatic nitrogens is 1. The van der Waals surface area contributed by atoms with E-state index in [1.54, 1.807) is 12.5 Å². The molecular weight excluding hydrogens is 164 g/mol. The number of rotatable bonds is 1. The van der Waals surface area contributed by atoms with Crippen molar-refractivity contribution in [2.75, 3.05) is 0 Å². The zero-order chi connectivity index (χ0) is 9.26. The molecule has 0 aliphatic rings. The van der Waals surface area contributed by atoms with Gasteiger partial charge in [0.25, 0.3) is 0 Å². The van der Waals surface area contributed by atoms with Crippen molar-refractivity contribution in [3.63, 3.8) is 0 Å². The quantitative estimate of drug-likeness (QED) is 0.661. The van der Waals surface area contributed by atoms with Gasteiger partial charge < -0.3 is 8.98 Å². The molecule has 0 unspecified atom stereocenters. The third kappa shape index (κ3) is 1.23. The van der Waals surface area contributed by atoms with Gasteiger partial charge in [-0.25, -0.2) is 0 Å². The van der Waals surface area contributed by atoms with Crippen molar-refractivity contribution in [2.45, 2.75) is 0 Å². The van der Waals surface area contributed by atoms with Crippen LogP contribution in [-0.2, 0) is 7.05 Å². The Labute approximate surface area is 75.8 Å². The van der Waals surface area contributed by atoms with Gasteiger partial charge in [-0.05, 0) is 12.1 Å². The fraction of sp³-hybridized carbons (Fsp3) is 0.100. The molecule has 0 atom stereocenters. The molecule has 2 aromatic rings. The Bertz CT molecular complexity index is 446. The van der Waals surface area contributed by atoms with Gasteiger partial charge in [0.05, 0.1) is 17.4 Å². The number of nitriles is 1. The summed E-state index contributed by atoms with van der Waals surface area (Å²) in [5.74, 6) is 0.733. The molecule has 0 aliphatic carbocycles. The molecular formula is C10H8N2O. The van der Waals surface area contributed by atoms with Crippen LogP contribution in [0.5, 0.6) is 0 Å². The van der Waals surface area contributed by atoms with E-state index >= 15 is 0 Å². The zero-order valence-electron chi connectivity index (χ0n) is 7.19. The van der Waals surface area contributed by atoms with Crippen molar-refractivity contribution in [1.29, 1.82) is 5.26 Å². The molecule has 0 N–H and O–H groups in total. The van der Waals surface area contributed by atoms with Crippen molar-refractivity contribution < 1.29 is 4.42 Å². The second-order valence-corrected chi connectivity index (χ2v) is 2.84. The maximum absolute atomic E-state index is 8.83. The summed E-state index contributed by atoms with van der Waals surface area (Å²) in [5, 5.41) is 8.83. The summed E-state index contributed by atoms with van der Waals surface area (Å²) >= 11 is 0. The van der Waals surface area contributed by atoms with Crippen molar-refractivity contribution in [2.24, 2.45) is 7.05 Å². The van der Waals surface area contributed by atoms with Gasteiger partial charge in [-0.2, -0.15) is 5.26 Å². The number of hydrogen-bond donors (Lipinski definition) is 0. The Hall–Kier alpha value is -1.95. The number of furan rings is 1. The number of hydrogen-bond acceptors (Lipinski definition) is 2. The highest BCUT2D eigenvalue weighted by Crippen LogP contribution is 2.23. The lowest BCUT2D eigenvalue weighted by Crippen LogP contribution is -1.77. The molecule has 0 fully saturated rings. The van der Waals surface area contributed by atoms with E-state index in [0.717, 1.165) is 11.3 Å². The lowest BCUT2D eigenvalue weighted by atomic mass is 10.2. The van der Waals surface area contributed by atoms with Crippen molar-refractivity contribution in [3.8, 4) is 17.4 Å². The van der Waals surface area contributed by atoms with Crippen molar-refractivity contribution in [1.82, 2.24) is 4.57 Å². The van der Waals surface area contributed by atoms with E-state index in [9.17, 15) is 0 Å². The predicted molar refractivity (Wildman–Crippen MR) is 47.8 cm³/mol. The summed E-state index contributed by atoms with van der Waals surface area (Å²) in [6.45, 7) is 0. The molecule has 0 saturated carbocycles. The standard InChI is InChI=1S/C10H8N2O/c1-12-6-8(5-11)9(7-12)10-3-2-4-13-10/h2-4,6-7H,1H3. The van der Waals surface area contributed by atoms with Gasteiger partial charge in [-0.15, -0.1) is 0 Å². The van der Waals surface area contributed by atoms with Crippen LogP contribution in [0.25, 0.3) is 11.3 Å². The minimum Gasteiger partial charge on any atom is -0.464 e. The van der Waals surface area contributed by atoms with Crippen LogP contribution >= 0.6 is 0 Å². The van der Waals surface area contributed by atoms with Gasteiger partial charge in [-0.3, -0.25) is 0 Å². The van der Waals surface area contributed by atoms with Crippen LogP contribution in [0.2, 0.25) is 0 Å². The summed E-state index contributed by atoms with van der Waals surface area (Å²) in [4.78, 5) is 0. The molecule has 13 heavy (non-hydrogen) atoms. The highest BCUT2D eigenvalue weighted by atomic mass is 16.3. The first-order valence-electron chi connectivity index (χ1n) is 3.91. The van der Waals surface area contributed by atoms with Crippen LogP contribution in [0.1, 0.15) is 5.56 Å². The molecule has 3 nitrogen and oxygen atoms in total. The average molecular weight is 172 g/mol. The van der Waals surface area contributed by atoms with Crippen LogP contribution in [0.4, 0.5) is 0 Å². The first-order chi connectivity index (χ1) is 6.31. The van der Waals surface area contributed by atoms with E-state index in [0.29, 0.717) is 5.56 Å². The van der Waals surface area contributed by atoms with E-state index in [-0.39, 0.29) is 0 Å². The molecule has 0 aliphatic heterocycles. The second-order valence-electron chi connectivity index (χ2n) is 2.84. The SMILES string of the molecule is Cn1cc(C#N)c(-c2ccco2)c1. The maximum atomic E-state index is 8.83. The number of aryl methyl sites for hydroxylation is 1. The molecule has 0 spiro atoms. The van der Waals surface area contributed by atoms with E-state index in [4.69, 9.17) is 9.68 Å². The molecule has 2 heterocycles. The minimum atomic E-state index is 0.637. The molecule has 64 valence electrons. The number of nitrogens with zero attached hydrogens (tertiary/aromatic N) is 2. The molecule has 2 aromatic heterocycles. The monoisotopic (exact) mass is 172 g/mol. The smallest absolute Gasteiger partial charge is 0.136 e. The van der Waals surface area contributed by atoms with Crippen molar-refractivity contribution in [3.05, 3.63) is 36.4 Å². The summed E-state index contributed by atoms with van der Waals surface area (Å²) in [7, 11) is 1.88. The summed E-state index contributed by atoms with van der Waals surface area (Å²) in [6.07, 6.45) is 5.25. The summed E-state index contributed by atoms with van der Waals surface area (Å²) in [6, 6.07) is 5.78. The Kier molecular flexibility index (Phi) is 1.67. The fourth-order valence-electron chi connectivity index (χ4n) is 1.30. The molecule has 3 heteroatoms. The average Bonchev–Trinajstić information content (AvgIpc) is 2.71. The normalized spacial score (nSPS) is 9.85. The Morgan fingerprint density at radius 3 is 2.92 bits per heavy atom. The largest absolute Gasteiger partial charge is 0.464 e. The van der Waals surface area contributed by atoms with Crippen LogP contribution < -0.4 is 0 Å². The van der Waals surface area contributed by atoms with Crippen LogP contribution in [0.3, 0.4) is 0 Å². The summed E-state index contributed by atoms with van der Waals surface area (Å²) < 4.78 is 7.05. The molecule has 0 aromatic carbocycles. The van der Waals surface area contributed by atoms with Gasteiger partial charge in [0, 0.05) is 19.4 Å². The molecule has 2 rings (SSSR count). The van der Waals surface area contributed by atoms with E-state index in [1.807, 2.05) is 29.9 Å². The van der Waals surface area contributed by atoms with Crippen LogP contribution in [0, 0.1) is 11.3 Å². The first-order valence-corrected chi connectivity index (χ1v) is 3.91. The first kappa shape index (κ1) is 7.69. The van der Waals surface area contributed by atoms with E-state index in [1.165, 1.54) is 0 Å². The van der Waals surface area contributed by atoms with E-state index < -0.39 is 0 Å². The minimum absolute atomic E-state index is 0.637. The summed E-state index contributed by atoms with van der Waals surface area (Å²) in [5.41, 5.74) is 1.48. The van der Waals surface area contributed by atoms with Crippen LogP contribution in [0.15, 0.2) is 35.2 Å². The van der Waals surface area contributed by atoms with Gasteiger partial charge in [0.1, 0.15) is 11.8 Å². The molecule has 0 saturated heterocycles. The lowest BCUT2D eigenvalue weighted by Gasteiger charge is -1.89. The Morgan fingerprint density at radius 2 is 2.31 bits per heavy atom. The third-order valence-electron chi connectivity index (χ3n) is 1.86. The topological polar surface area (TPSA) is 41.9 Å². The zero-order valence-corrected chi connectivity index (χ0v) is 7.19. The van der Waals surface area contributed by atoms with Gasteiger partial charge in [0.2, 0.25) is 0 Å². The van der Waals surface area contributed by atoms with Gasteiger partial charge in [0.15, 0.2) is 0 Å². The molecule has 0 radical (unpaired) electrons. The fourth-order valence-corrected chi connectivity index (χ4v) is 1.30. The highest BCUT2D eigenvalue weighted by Gasteiger charge is 2.08. The Balaban J connectivity index is 2.59. The highest BCUT2D eigenvalue weighted by molar-refractivity contribution is 5.65. The lowest BCUT2D eigenvalue weighted by molar-refractivity contribution is 0.582.